The summed E-state index contributed by atoms with van der Waals surface area (Å²) in [6.45, 7) is 4.23. The minimum Gasteiger partial charge on any atom is -0.447 e. The van der Waals surface area contributed by atoms with Gasteiger partial charge in [-0.1, -0.05) is 0 Å². The predicted octanol–water partition coefficient (Wildman–Crippen LogP) is 1.51. The molecule has 0 saturated heterocycles. The average Bonchev–Trinajstić information content (AvgIpc) is 3.33. The van der Waals surface area contributed by atoms with Gasteiger partial charge in [0, 0.05) is 18.0 Å². The van der Waals surface area contributed by atoms with Gasteiger partial charge in [0.25, 0.3) is 0 Å². The average molecular weight is 351 g/mol. The lowest BCUT2D eigenvalue weighted by Gasteiger charge is -2.03. The van der Waals surface area contributed by atoms with E-state index in [1.54, 1.807) is 17.1 Å². The first-order valence-corrected chi connectivity index (χ1v) is 8.09. The van der Waals surface area contributed by atoms with E-state index in [1.807, 2.05) is 30.6 Å². The van der Waals surface area contributed by atoms with Gasteiger partial charge in [-0.05, 0) is 13.8 Å². The summed E-state index contributed by atoms with van der Waals surface area (Å²) in [4.78, 5) is 24.9. The number of imidazole rings is 1. The number of nitrogens with zero attached hydrogens (tertiary/aromatic N) is 6. The first-order chi connectivity index (χ1) is 12.6. The number of carbonyl (C=O) groups is 1. The molecule has 0 aliphatic rings. The molecule has 4 aromatic rings. The van der Waals surface area contributed by atoms with E-state index >= 15 is 0 Å². The van der Waals surface area contributed by atoms with Crippen molar-refractivity contribution in [3.63, 3.8) is 0 Å². The fourth-order valence-electron chi connectivity index (χ4n) is 2.80. The minimum atomic E-state index is -0.174. The van der Waals surface area contributed by atoms with E-state index in [2.05, 4.69) is 25.4 Å². The van der Waals surface area contributed by atoms with Crippen LogP contribution >= 0.6 is 0 Å². The van der Waals surface area contributed by atoms with Crippen LogP contribution in [0.2, 0.25) is 0 Å². The third-order valence-corrected chi connectivity index (χ3v) is 3.94. The number of aryl methyl sites for hydroxylation is 2. The van der Waals surface area contributed by atoms with Crippen molar-refractivity contribution in [3.8, 4) is 11.3 Å². The lowest BCUT2D eigenvalue weighted by Crippen LogP contribution is -2.27. The fraction of sp³-hybridized carbons (Fsp3) is 0.235. The van der Waals surface area contributed by atoms with E-state index in [1.165, 1.54) is 12.5 Å². The lowest BCUT2D eigenvalue weighted by molar-refractivity contribution is -0.122. The van der Waals surface area contributed by atoms with Crippen LogP contribution in [-0.4, -0.2) is 35.0 Å². The number of carbonyl (C=O) groups excluding carboxylic acids is 1. The van der Waals surface area contributed by atoms with E-state index in [0.717, 1.165) is 28.3 Å². The molecule has 0 bridgehead atoms. The molecule has 9 heteroatoms. The quantitative estimate of drug-likeness (QED) is 0.585. The Hall–Kier alpha value is -3.49. The van der Waals surface area contributed by atoms with Gasteiger partial charge in [-0.3, -0.25) is 18.9 Å². The Bertz CT molecular complexity index is 1060. The summed E-state index contributed by atoms with van der Waals surface area (Å²) in [5.74, 6) is 0.288. The van der Waals surface area contributed by atoms with Gasteiger partial charge in [-0.15, -0.1) is 0 Å². The molecule has 1 amide bonds. The number of rotatable bonds is 5. The molecule has 4 aromatic heterocycles. The van der Waals surface area contributed by atoms with Crippen LogP contribution in [0.15, 0.2) is 41.7 Å². The number of nitrogens with one attached hydrogen (secondary N) is 1. The summed E-state index contributed by atoms with van der Waals surface area (Å²) in [6, 6.07) is 0. The zero-order valence-electron chi connectivity index (χ0n) is 14.4. The summed E-state index contributed by atoms with van der Waals surface area (Å²) in [7, 11) is 0. The maximum absolute atomic E-state index is 12.0. The molecule has 0 aromatic carbocycles. The molecule has 0 aliphatic carbocycles. The van der Waals surface area contributed by atoms with E-state index in [4.69, 9.17) is 4.42 Å². The molecule has 132 valence electrons. The highest BCUT2D eigenvalue weighted by molar-refractivity contribution is 5.75. The summed E-state index contributed by atoms with van der Waals surface area (Å²) < 4.78 is 8.66. The Morgan fingerprint density at radius 3 is 2.92 bits per heavy atom. The fourth-order valence-corrected chi connectivity index (χ4v) is 2.80. The number of fused-ring (bicyclic) bond motifs is 1. The van der Waals surface area contributed by atoms with Crippen molar-refractivity contribution >= 4 is 11.6 Å². The molecule has 9 nitrogen and oxygen atoms in total. The van der Waals surface area contributed by atoms with Gasteiger partial charge >= 0.3 is 0 Å². The number of oxazole rings is 1. The molecular formula is C17H17N7O2. The summed E-state index contributed by atoms with van der Waals surface area (Å²) in [6.07, 6.45) is 10.3. The SMILES string of the molecule is Cc1cn2c(-c3cnn(CC(=O)NCc4ncco4)c3)cnc2c(C)n1. The molecule has 0 spiro atoms. The van der Waals surface area contributed by atoms with E-state index in [-0.39, 0.29) is 19.0 Å². The normalized spacial score (nSPS) is 11.2. The molecule has 0 radical (unpaired) electrons. The topological polar surface area (TPSA) is 103 Å². The molecule has 26 heavy (non-hydrogen) atoms. The Kier molecular flexibility index (Phi) is 3.96. The Balaban J connectivity index is 1.50. The Morgan fingerprint density at radius 2 is 2.12 bits per heavy atom. The summed E-state index contributed by atoms with van der Waals surface area (Å²) >= 11 is 0. The van der Waals surface area contributed by atoms with E-state index < -0.39 is 0 Å². The molecule has 0 atom stereocenters. The van der Waals surface area contributed by atoms with Crippen molar-refractivity contribution in [3.05, 3.63) is 54.5 Å². The number of amides is 1. The second-order valence-corrected chi connectivity index (χ2v) is 5.93. The first-order valence-electron chi connectivity index (χ1n) is 8.09. The zero-order chi connectivity index (χ0) is 18.1. The van der Waals surface area contributed by atoms with Crippen LogP contribution < -0.4 is 5.32 Å². The first kappa shape index (κ1) is 16.0. The number of hydrogen-bond donors (Lipinski definition) is 1. The Labute approximate surface area is 148 Å². The molecular weight excluding hydrogens is 334 g/mol. The highest BCUT2D eigenvalue weighted by Crippen LogP contribution is 2.21. The van der Waals surface area contributed by atoms with Crippen LogP contribution in [0.5, 0.6) is 0 Å². The number of hydrogen-bond acceptors (Lipinski definition) is 6. The third kappa shape index (κ3) is 3.06. The van der Waals surface area contributed by atoms with Crippen LogP contribution in [-0.2, 0) is 17.9 Å². The third-order valence-electron chi connectivity index (χ3n) is 3.94. The van der Waals surface area contributed by atoms with Crippen molar-refractivity contribution in [2.24, 2.45) is 0 Å². The van der Waals surface area contributed by atoms with Crippen molar-refractivity contribution < 1.29 is 9.21 Å². The van der Waals surface area contributed by atoms with Crippen LogP contribution in [0.25, 0.3) is 16.9 Å². The standard InChI is InChI=1S/C17H17N7O2/c1-11-8-24-14(6-20-17(24)12(2)22-11)13-5-21-23(9-13)10-15(25)19-7-16-18-3-4-26-16/h3-6,8-9H,7,10H2,1-2H3,(H,19,25). The second-order valence-electron chi connectivity index (χ2n) is 5.93. The maximum atomic E-state index is 12.0. The smallest absolute Gasteiger partial charge is 0.242 e. The molecule has 1 N–H and O–H groups in total. The molecule has 0 aliphatic heterocycles. The highest BCUT2D eigenvalue weighted by Gasteiger charge is 2.12. The largest absolute Gasteiger partial charge is 0.447 e. The molecule has 0 fully saturated rings. The molecule has 0 saturated carbocycles. The summed E-state index contributed by atoms with van der Waals surface area (Å²) in [5, 5.41) is 7.01. The van der Waals surface area contributed by atoms with E-state index in [0.29, 0.717) is 5.89 Å². The van der Waals surface area contributed by atoms with Crippen molar-refractivity contribution in [2.75, 3.05) is 0 Å². The summed E-state index contributed by atoms with van der Waals surface area (Å²) in [5.41, 5.74) is 4.37. The van der Waals surface area contributed by atoms with Crippen molar-refractivity contribution in [1.82, 2.24) is 34.4 Å². The van der Waals surface area contributed by atoms with Crippen LogP contribution in [0.4, 0.5) is 0 Å². The molecule has 4 heterocycles. The molecule has 0 unspecified atom stereocenters. The van der Waals surface area contributed by atoms with Gasteiger partial charge in [0.1, 0.15) is 12.8 Å². The van der Waals surface area contributed by atoms with Gasteiger partial charge in [0.15, 0.2) is 5.65 Å². The molecule has 4 rings (SSSR count). The van der Waals surface area contributed by atoms with Crippen LogP contribution in [0.1, 0.15) is 17.3 Å². The predicted molar refractivity (Wildman–Crippen MR) is 92.0 cm³/mol. The van der Waals surface area contributed by atoms with Gasteiger partial charge in [0.05, 0.1) is 42.2 Å². The monoisotopic (exact) mass is 351 g/mol. The van der Waals surface area contributed by atoms with Gasteiger partial charge in [-0.2, -0.15) is 5.10 Å². The number of aromatic nitrogens is 6. The van der Waals surface area contributed by atoms with Gasteiger partial charge in [0.2, 0.25) is 11.8 Å². The van der Waals surface area contributed by atoms with Crippen LogP contribution in [0, 0.1) is 13.8 Å². The maximum Gasteiger partial charge on any atom is 0.242 e. The van der Waals surface area contributed by atoms with Gasteiger partial charge < -0.3 is 9.73 Å². The second kappa shape index (κ2) is 6.43. The lowest BCUT2D eigenvalue weighted by atomic mass is 10.3. The van der Waals surface area contributed by atoms with E-state index in [9.17, 15) is 4.79 Å². The van der Waals surface area contributed by atoms with Gasteiger partial charge in [-0.25, -0.2) is 9.97 Å². The minimum absolute atomic E-state index is 0.108. The van der Waals surface area contributed by atoms with Crippen molar-refractivity contribution in [1.29, 1.82) is 0 Å². The zero-order valence-corrected chi connectivity index (χ0v) is 14.4. The Morgan fingerprint density at radius 1 is 1.23 bits per heavy atom. The van der Waals surface area contributed by atoms with Crippen LogP contribution in [0.3, 0.4) is 0 Å². The highest BCUT2D eigenvalue weighted by atomic mass is 16.3. The van der Waals surface area contributed by atoms with Crippen molar-refractivity contribution in [2.45, 2.75) is 26.9 Å².